The van der Waals surface area contributed by atoms with Gasteiger partial charge in [-0.3, -0.25) is 9.59 Å². The van der Waals surface area contributed by atoms with Crippen molar-refractivity contribution in [3.63, 3.8) is 0 Å². The SMILES string of the molecule is COC(=O)c1c(C)[nH]c2c1[C@@]13C[C@@H]1CN(C(=O)/C=C/c1ccc(OC)nc1)C3=CC2=O. The number of likely N-dealkylation sites (tertiary alicyclic amines) is 1. The van der Waals surface area contributed by atoms with Gasteiger partial charge < -0.3 is 19.4 Å². The Morgan fingerprint density at radius 3 is 2.81 bits per heavy atom. The van der Waals surface area contributed by atoms with Crippen LogP contribution in [0.3, 0.4) is 0 Å². The Kier molecular flexibility index (Phi) is 4.15. The van der Waals surface area contributed by atoms with E-state index < -0.39 is 11.4 Å². The first-order valence-electron chi connectivity index (χ1n) is 9.98. The van der Waals surface area contributed by atoms with Crippen LogP contribution in [0.25, 0.3) is 6.08 Å². The summed E-state index contributed by atoms with van der Waals surface area (Å²) in [6.07, 6.45) is 7.12. The van der Waals surface area contributed by atoms with E-state index in [1.165, 1.54) is 26.4 Å². The van der Waals surface area contributed by atoms with Crippen molar-refractivity contribution < 1.29 is 23.9 Å². The van der Waals surface area contributed by atoms with E-state index in [2.05, 4.69) is 9.97 Å². The Bertz CT molecular complexity index is 1190. The molecule has 0 unspecified atom stereocenters. The smallest absolute Gasteiger partial charge is 0.340 e. The number of H-pyrrole nitrogens is 1. The third-order valence-corrected chi connectivity index (χ3v) is 6.45. The maximum atomic E-state index is 13.0. The van der Waals surface area contributed by atoms with E-state index in [0.29, 0.717) is 40.6 Å². The van der Waals surface area contributed by atoms with Crippen molar-refractivity contribution in [3.05, 3.63) is 64.3 Å². The summed E-state index contributed by atoms with van der Waals surface area (Å²) in [7, 11) is 2.87. The Morgan fingerprint density at radius 1 is 1.32 bits per heavy atom. The summed E-state index contributed by atoms with van der Waals surface area (Å²) >= 11 is 0. The predicted octanol–water partition coefficient (Wildman–Crippen LogP) is 2.41. The molecule has 0 radical (unpaired) electrons. The highest BCUT2D eigenvalue weighted by molar-refractivity contribution is 6.11. The van der Waals surface area contributed by atoms with Gasteiger partial charge in [-0.1, -0.05) is 0 Å². The molecule has 3 heterocycles. The average Bonchev–Trinajstić information content (AvgIpc) is 3.22. The molecule has 2 aliphatic carbocycles. The Balaban J connectivity index is 1.47. The van der Waals surface area contributed by atoms with Gasteiger partial charge in [-0.25, -0.2) is 9.78 Å². The largest absolute Gasteiger partial charge is 0.481 e. The molecule has 1 aliphatic heterocycles. The van der Waals surface area contributed by atoms with Crippen molar-refractivity contribution in [1.82, 2.24) is 14.9 Å². The van der Waals surface area contributed by atoms with Crippen LogP contribution in [0.15, 0.2) is 36.2 Å². The first kappa shape index (κ1) is 19.3. The fraction of sp³-hybridized carbons (Fsp3) is 0.304. The standard InChI is InChI=1S/C23H21N3O5/c1-12-19(22(29)31-3)20-21(25-12)15(27)8-16-23(20)9-14(23)11-26(16)18(28)7-5-13-4-6-17(30-2)24-10-13/h4-8,10,14,25H,9,11H2,1-3H3/b7-5+/t14-,23+/m1/s1. The third-order valence-electron chi connectivity index (χ3n) is 6.45. The minimum absolute atomic E-state index is 0.171. The molecule has 5 rings (SSSR count). The van der Waals surface area contributed by atoms with E-state index >= 15 is 0 Å². The van der Waals surface area contributed by atoms with Gasteiger partial charge in [-0.05, 0) is 37.0 Å². The number of ketones is 1. The highest BCUT2D eigenvalue weighted by Gasteiger charge is 2.68. The molecule has 2 aromatic rings. The summed E-state index contributed by atoms with van der Waals surface area (Å²) < 4.78 is 10.0. The van der Waals surface area contributed by atoms with E-state index in [9.17, 15) is 14.4 Å². The molecular weight excluding hydrogens is 398 g/mol. The van der Waals surface area contributed by atoms with Crippen molar-refractivity contribution in [2.24, 2.45) is 5.92 Å². The molecule has 8 nitrogen and oxygen atoms in total. The summed E-state index contributed by atoms with van der Waals surface area (Å²) in [5, 5.41) is 0. The monoisotopic (exact) mass is 419 g/mol. The van der Waals surface area contributed by atoms with Crippen LogP contribution >= 0.6 is 0 Å². The maximum absolute atomic E-state index is 13.0. The lowest BCUT2D eigenvalue weighted by Gasteiger charge is -2.27. The number of pyridine rings is 1. The zero-order valence-electron chi connectivity index (χ0n) is 17.4. The normalized spacial score (nSPS) is 23.2. The molecule has 0 bridgehead atoms. The lowest BCUT2D eigenvalue weighted by atomic mass is 9.82. The van der Waals surface area contributed by atoms with Crippen molar-refractivity contribution in [1.29, 1.82) is 0 Å². The lowest BCUT2D eigenvalue weighted by Crippen LogP contribution is -2.33. The zero-order chi connectivity index (χ0) is 21.9. The number of nitrogens with one attached hydrogen (secondary N) is 1. The minimum Gasteiger partial charge on any atom is -0.481 e. The average molecular weight is 419 g/mol. The fourth-order valence-corrected chi connectivity index (χ4v) is 4.95. The van der Waals surface area contributed by atoms with Gasteiger partial charge in [0, 0.05) is 53.3 Å². The van der Waals surface area contributed by atoms with Gasteiger partial charge in [0.15, 0.2) is 0 Å². The third kappa shape index (κ3) is 2.67. The number of ether oxygens (including phenoxy) is 2. The number of piperidine rings is 1. The fourth-order valence-electron chi connectivity index (χ4n) is 4.95. The molecule has 3 aliphatic rings. The van der Waals surface area contributed by atoms with Crippen LogP contribution in [0.1, 0.15) is 44.1 Å². The van der Waals surface area contributed by atoms with Crippen molar-refractivity contribution in [2.75, 3.05) is 20.8 Å². The highest BCUT2D eigenvalue weighted by atomic mass is 16.5. The van der Waals surface area contributed by atoms with Crippen LogP contribution in [-0.2, 0) is 14.9 Å². The number of hydrogen-bond acceptors (Lipinski definition) is 6. The Hall–Kier alpha value is -3.68. The summed E-state index contributed by atoms with van der Waals surface area (Å²) in [5.41, 5.74) is 3.08. The number of rotatable bonds is 4. The van der Waals surface area contributed by atoms with Gasteiger partial charge in [0.1, 0.15) is 0 Å². The molecule has 31 heavy (non-hydrogen) atoms. The number of fused-ring (bicyclic) bond motifs is 1. The van der Waals surface area contributed by atoms with Crippen molar-refractivity contribution in [2.45, 2.75) is 18.8 Å². The number of carbonyl (C=O) groups is 3. The number of hydrogen-bond donors (Lipinski definition) is 1. The second-order valence-corrected chi connectivity index (χ2v) is 8.05. The number of allylic oxidation sites excluding steroid dienone is 2. The van der Waals surface area contributed by atoms with Gasteiger partial charge in [0.2, 0.25) is 11.7 Å². The molecule has 1 saturated heterocycles. The number of nitrogens with zero attached hydrogens (tertiary/aromatic N) is 2. The summed E-state index contributed by atoms with van der Waals surface area (Å²) in [6, 6.07) is 3.52. The maximum Gasteiger partial charge on any atom is 0.340 e. The molecule has 2 fully saturated rings. The van der Waals surface area contributed by atoms with E-state index in [1.54, 1.807) is 36.2 Å². The predicted molar refractivity (Wildman–Crippen MR) is 111 cm³/mol. The molecule has 158 valence electrons. The molecule has 1 spiro atoms. The Labute approximate surface area is 178 Å². The molecule has 2 atom stereocenters. The number of amides is 1. The first-order valence-corrected chi connectivity index (χ1v) is 9.98. The summed E-state index contributed by atoms with van der Waals surface area (Å²) in [5.74, 6) is -0.251. The Morgan fingerprint density at radius 2 is 2.13 bits per heavy atom. The summed E-state index contributed by atoms with van der Waals surface area (Å²) in [4.78, 5) is 47.1. The van der Waals surface area contributed by atoms with Crippen LogP contribution in [0, 0.1) is 12.8 Å². The lowest BCUT2D eigenvalue weighted by molar-refractivity contribution is -0.123. The molecule has 1 N–H and O–H groups in total. The van der Waals surface area contributed by atoms with E-state index in [-0.39, 0.29) is 17.6 Å². The number of aromatic nitrogens is 2. The van der Waals surface area contributed by atoms with E-state index in [4.69, 9.17) is 9.47 Å². The zero-order valence-corrected chi connectivity index (χ0v) is 17.4. The van der Waals surface area contributed by atoms with Gasteiger partial charge in [0.05, 0.1) is 25.5 Å². The summed E-state index contributed by atoms with van der Waals surface area (Å²) in [6.45, 7) is 2.27. The molecule has 1 amide bonds. The number of aryl methyl sites for hydroxylation is 1. The molecular formula is C23H21N3O5. The van der Waals surface area contributed by atoms with Crippen LogP contribution in [0.5, 0.6) is 5.88 Å². The van der Waals surface area contributed by atoms with Gasteiger partial charge >= 0.3 is 5.97 Å². The number of esters is 1. The van der Waals surface area contributed by atoms with Crippen LogP contribution in [-0.4, -0.2) is 53.3 Å². The van der Waals surface area contributed by atoms with Crippen molar-refractivity contribution in [3.8, 4) is 5.88 Å². The van der Waals surface area contributed by atoms with Crippen LogP contribution in [0.2, 0.25) is 0 Å². The van der Waals surface area contributed by atoms with Gasteiger partial charge in [-0.2, -0.15) is 0 Å². The van der Waals surface area contributed by atoms with Gasteiger partial charge in [0.25, 0.3) is 5.91 Å². The van der Waals surface area contributed by atoms with Crippen LogP contribution < -0.4 is 4.74 Å². The molecule has 2 aromatic heterocycles. The van der Waals surface area contributed by atoms with Crippen molar-refractivity contribution >= 4 is 23.7 Å². The molecule has 1 saturated carbocycles. The first-order chi connectivity index (χ1) is 14.9. The number of methoxy groups -OCH3 is 2. The van der Waals surface area contributed by atoms with E-state index in [1.807, 2.05) is 0 Å². The topological polar surface area (TPSA) is 102 Å². The minimum atomic E-state index is -0.483. The van der Waals surface area contributed by atoms with E-state index in [0.717, 1.165) is 12.0 Å². The van der Waals surface area contributed by atoms with Crippen LogP contribution in [0.4, 0.5) is 0 Å². The van der Waals surface area contributed by atoms with Gasteiger partial charge in [-0.15, -0.1) is 0 Å². The second kappa shape index (κ2) is 6.66. The number of carbonyl (C=O) groups excluding carboxylic acids is 3. The quantitative estimate of drug-likeness (QED) is 0.603. The molecule has 8 heteroatoms. The number of aromatic amines is 1. The molecule has 0 aromatic carbocycles. The highest BCUT2D eigenvalue weighted by Crippen LogP contribution is 2.67. The second-order valence-electron chi connectivity index (χ2n) is 8.05.